The van der Waals surface area contributed by atoms with E-state index in [1.165, 1.54) is 19.3 Å². The second-order valence-electron chi connectivity index (χ2n) is 5.66. The molecule has 0 fully saturated rings. The molecule has 0 aliphatic heterocycles. The van der Waals surface area contributed by atoms with Crippen molar-refractivity contribution in [3.05, 3.63) is 47.8 Å². The van der Waals surface area contributed by atoms with Gasteiger partial charge in [-0.05, 0) is 37.1 Å². The molecule has 0 spiro atoms. The first-order chi connectivity index (χ1) is 11.0. The minimum atomic E-state index is -0.295. The molecular weight excluding hydrogens is 292 g/mol. The number of nitrogens with zero attached hydrogens (tertiary/aromatic N) is 2. The molecule has 1 amide bonds. The van der Waals surface area contributed by atoms with Gasteiger partial charge in [-0.2, -0.15) is 0 Å². The molecule has 2 aromatic rings. The Bertz CT molecular complexity index is 679. The van der Waals surface area contributed by atoms with E-state index in [4.69, 9.17) is 0 Å². The first-order valence-electron chi connectivity index (χ1n) is 7.44. The Hall–Kier alpha value is -2.76. The summed E-state index contributed by atoms with van der Waals surface area (Å²) in [5.74, 6) is 0.678. The van der Waals surface area contributed by atoms with Crippen LogP contribution in [0.1, 0.15) is 41.5 Å². The molecule has 0 saturated heterocycles. The molecule has 0 aliphatic carbocycles. The number of nitrogens with one attached hydrogen (secondary N) is 2. The average Bonchev–Trinajstić information content (AvgIpc) is 2.54. The van der Waals surface area contributed by atoms with E-state index in [0.717, 1.165) is 6.54 Å². The van der Waals surface area contributed by atoms with Gasteiger partial charge < -0.3 is 10.6 Å². The van der Waals surface area contributed by atoms with Crippen molar-refractivity contribution in [2.45, 2.75) is 20.8 Å². The summed E-state index contributed by atoms with van der Waals surface area (Å²) in [4.78, 5) is 31.6. The van der Waals surface area contributed by atoms with Gasteiger partial charge in [0.2, 0.25) is 5.95 Å². The van der Waals surface area contributed by atoms with Crippen LogP contribution >= 0.6 is 0 Å². The highest BCUT2D eigenvalue weighted by molar-refractivity contribution is 6.04. The van der Waals surface area contributed by atoms with Crippen molar-refractivity contribution in [3.63, 3.8) is 0 Å². The van der Waals surface area contributed by atoms with E-state index in [0.29, 0.717) is 28.7 Å². The molecule has 0 unspecified atom stereocenters. The van der Waals surface area contributed by atoms with Gasteiger partial charge in [-0.3, -0.25) is 9.59 Å². The second-order valence-corrected chi connectivity index (χ2v) is 5.66. The molecule has 0 atom stereocenters. The maximum absolute atomic E-state index is 12.1. The molecule has 1 heterocycles. The summed E-state index contributed by atoms with van der Waals surface area (Å²) < 4.78 is 0. The number of anilines is 2. The minimum Gasteiger partial charge on any atom is -0.354 e. The van der Waals surface area contributed by atoms with Crippen LogP contribution in [0.25, 0.3) is 0 Å². The number of carbonyl (C=O) groups is 2. The summed E-state index contributed by atoms with van der Waals surface area (Å²) >= 11 is 0. The van der Waals surface area contributed by atoms with Crippen molar-refractivity contribution in [1.82, 2.24) is 9.97 Å². The average molecular weight is 312 g/mol. The molecule has 0 aliphatic rings. The van der Waals surface area contributed by atoms with Gasteiger partial charge in [0.25, 0.3) is 5.91 Å². The lowest BCUT2D eigenvalue weighted by molar-refractivity contribution is 0.101. The Balaban J connectivity index is 1.98. The molecular formula is C17H20N4O2. The van der Waals surface area contributed by atoms with Gasteiger partial charge >= 0.3 is 0 Å². The zero-order valence-electron chi connectivity index (χ0n) is 13.5. The number of hydrogen-bond donors (Lipinski definition) is 2. The van der Waals surface area contributed by atoms with Gasteiger partial charge in [0.1, 0.15) is 0 Å². The van der Waals surface area contributed by atoms with E-state index in [-0.39, 0.29) is 11.7 Å². The molecule has 0 bridgehead atoms. The molecule has 6 nitrogen and oxygen atoms in total. The molecule has 1 aromatic heterocycles. The maximum atomic E-state index is 12.1. The van der Waals surface area contributed by atoms with E-state index in [9.17, 15) is 9.59 Å². The zero-order valence-corrected chi connectivity index (χ0v) is 13.5. The van der Waals surface area contributed by atoms with Crippen molar-refractivity contribution in [2.75, 3.05) is 17.2 Å². The largest absolute Gasteiger partial charge is 0.354 e. The number of rotatable bonds is 6. The Morgan fingerprint density at radius 3 is 2.17 bits per heavy atom. The number of hydrogen-bond acceptors (Lipinski definition) is 5. The first-order valence-corrected chi connectivity index (χ1v) is 7.44. The number of aromatic nitrogens is 2. The Kier molecular flexibility index (Phi) is 5.41. The fourth-order valence-electron chi connectivity index (χ4n) is 1.82. The summed E-state index contributed by atoms with van der Waals surface area (Å²) in [6, 6.07) is 6.73. The van der Waals surface area contributed by atoms with E-state index in [1.54, 1.807) is 24.3 Å². The lowest BCUT2D eigenvalue weighted by Crippen LogP contribution is -2.14. The topological polar surface area (TPSA) is 84.0 Å². The molecule has 2 rings (SSSR count). The molecule has 2 N–H and O–H groups in total. The van der Waals surface area contributed by atoms with Crippen LogP contribution in [-0.2, 0) is 0 Å². The third-order valence-electron chi connectivity index (χ3n) is 3.13. The van der Waals surface area contributed by atoms with Crippen LogP contribution in [0.5, 0.6) is 0 Å². The quantitative estimate of drug-likeness (QED) is 0.801. The molecule has 1 aromatic carbocycles. The molecule has 23 heavy (non-hydrogen) atoms. The van der Waals surface area contributed by atoms with Crippen molar-refractivity contribution in [2.24, 2.45) is 5.92 Å². The van der Waals surface area contributed by atoms with Crippen LogP contribution in [0.2, 0.25) is 0 Å². The molecule has 120 valence electrons. The van der Waals surface area contributed by atoms with Crippen molar-refractivity contribution in [3.8, 4) is 0 Å². The van der Waals surface area contributed by atoms with Crippen LogP contribution in [0.3, 0.4) is 0 Å². The van der Waals surface area contributed by atoms with E-state index < -0.39 is 0 Å². The van der Waals surface area contributed by atoms with Crippen LogP contribution < -0.4 is 10.6 Å². The third-order valence-corrected chi connectivity index (χ3v) is 3.13. The van der Waals surface area contributed by atoms with Gasteiger partial charge in [-0.1, -0.05) is 13.8 Å². The molecule has 0 radical (unpaired) electrons. The van der Waals surface area contributed by atoms with Gasteiger partial charge in [0.05, 0.1) is 5.56 Å². The van der Waals surface area contributed by atoms with Gasteiger partial charge in [-0.15, -0.1) is 0 Å². The Morgan fingerprint density at radius 1 is 1.04 bits per heavy atom. The predicted octanol–water partition coefficient (Wildman–Crippen LogP) is 3.00. The Morgan fingerprint density at radius 2 is 1.65 bits per heavy atom. The van der Waals surface area contributed by atoms with Gasteiger partial charge in [-0.25, -0.2) is 9.97 Å². The van der Waals surface area contributed by atoms with Gasteiger partial charge in [0, 0.05) is 30.2 Å². The van der Waals surface area contributed by atoms with Crippen LogP contribution in [0.4, 0.5) is 11.6 Å². The summed E-state index contributed by atoms with van der Waals surface area (Å²) in [7, 11) is 0. The number of amides is 1. The van der Waals surface area contributed by atoms with Crippen LogP contribution in [0, 0.1) is 5.92 Å². The fourth-order valence-corrected chi connectivity index (χ4v) is 1.82. The summed E-state index contributed by atoms with van der Waals surface area (Å²) in [6.07, 6.45) is 2.96. The minimum absolute atomic E-state index is 0.0132. The van der Waals surface area contributed by atoms with Crippen LogP contribution in [-0.4, -0.2) is 28.2 Å². The Labute approximate surface area is 135 Å². The standard InChI is InChI=1S/C17H20N4O2/c1-11(2)8-18-17-19-9-14(10-20-17)16(23)21-15-6-4-13(5-7-15)12(3)22/h4-7,9-11H,8H2,1-3H3,(H,21,23)(H,18,19,20). The number of carbonyl (C=O) groups excluding carboxylic acids is 2. The first kappa shape index (κ1) is 16.6. The summed E-state index contributed by atoms with van der Waals surface area (Å²) in [5.41, 5.74) is 1.59. The lowest BCUT2D eigenvalue weighted by atomic mass is 10.1. The zero-order chi connectivity index (χ0) is 16.8. The molecule has 0 saturated carbocycles. The van der Waals surface area contributed by atoms with E-state index in [2.05, 4.69) is 34.4 Å². The highest BCUT2D eigenvalue weighted by atomic mass is 16.1. The predicted molar refractivity (Wildman–Crippen MR) is 89.8 cm³/mol. The number of benzene rings is 1. The van der Waals surface area contributed by atoms with E-state index >= 15 is 0 Å². The highest BCUT2D eigenvalue weighted by Crippen LogP contribution is 2.12. The van der Waals surface area contributed by atoms with Gasteiger partial charge in [0.15, 0.2) is 5.78 Å². The normalized spacial score (nSPS) is 10.4. The van der Waals surface area contributed by atoms with Crippen molar-refractivity contribution >= 4 is 23.3 Å². The summed E-state index contributed by atoms with van der Waals surface area (Å²) in [6.45, 7) is 6.45. The summed E-state index contributed by atoms with van der Waals surface area (Å²) in [5, 5.41) is 5.83. The van der Waals surface area contributed by atoms with E-state index in [1.807, 2.05) is 0 Å². The lowest BCUT2D eigenvalue weighted by Gasteiger charge is -2.08. The second kappa shape index (κ2) is 7.49. The molecule has 6 heteroatoms. The fraction of sp³-hybridized carbons (Fsp3) is 0.294. The number of ketones is 1. The van der Waals surface area contributed by atoms with Crippen molar-refractivity contribution < 1.29 is 9.59 Å². The highest BCUT2D eigenvalue weighted by Gasteiger charge is 2.08. The number of Topliss-reactive ketones (excluding diaryl/α,β-unsaturated/α-hetero) is 1. The third kappa shape index (κ3) is 4.88. The van der Waals surface area contributed by atoms with Crippen molar-refractivity contribution in [1.29, 1.82) is 0 Å². The monoisotopic (exact) mass is 312 g/mol. The smallest absolute Gasteiger partial charge is 0.258 e. The van der Waals surface area contributed by atoms with Crippen LogP contribution in [0.15, 0.2) is 36.7 Å². The SMILES string of the molecule is CC(=O)c1ccc(NC(=O)c2cnc(NCC(C)C)nc2)cc1. The maximum Gasteiger partial charge on any atom is 0.258 e.